The fourth-order valence-corrected chi connectivity index (χ4v) is 4.73. The highest BCUT2D eigenvalue weighted by atomic mass is 16.2. The van der Waals surface area contributed by atoms with Crippen molar-refractivity contribution in [1.29, 1.82) is 0 Å². The van der Waals surface area contributed by atoms with E-state index in [2.05, 4.69) is 119 Å². The Balaban J connectivity index is 0. The van der Waals surface area contributed by atoms with Crippen molar-refractivity contribution in [2.75, 3.05) is 0 Å². The number of Topliss-reactive ketones (excluding diaryl/α,β-unsaturated/α-hetero) is 2. The smallest absolute Gasteiger partial charge is 0.220 e. The molecule has 47 heavy (non-hydrogen) atoms. The first kappa shape index (κ1) is 47.1. The minimum Gasteiger partial charge on any atom is -0.351 e. The highest BCUT2D eigenvalue weighted by molar-refractivity contribution is 5.79. The van der Waals surface area contributed by atoms with Crippen LogP contribution in [0.1, 0.15) is 195 Å². The Hall–Kier alpha value is -2.05. The lowest BCUT2D eigenvalue weighted by atomic mass is 9.88. The van der Waals surface area contributed by atoms with Gasteiger partial charge in [-0.25, -0.2) is 4.68 Å². The third-order valence-corrected chi connectivity index (χ3v) is 6.51. The molecule has 0 atom stereocenters. The zero-order chi connectivity index (χ0) is 37.5. The first-order valence-electron chi connectivity index (χ1n) is 18.0. The Kier molecular flexibility index (Phi) is 19.9. The molecule has 0 saturated carbocycles. The number of rotatable bonds is 12. The van der Waals surface area contributed by atoms with Gasteiger partial charge in [-0.05, 0) is 82.5 Å². The van der Waals surface area contributed by atoms with Crippen LogP contribution >= 0.6 is 0 Å². The molecule has 1 heterocycles. The zero-order valence-electron chi connectivity index (χ0n) is 34.4. The molecule has 0 fully saturated rings. The molecule has 0 spiro atoms. The van der Waals surface area contributed by atoms with Crippen molar-refractivity contribution >= 4 is 17.5 Å². The first-order valence-corrected chi connectivity index (χ1v) is 18.0. The fourth-order valence-electron chi connectivity index (χ4n) is 4.73. The fraction of sp³-hybridized carbons (Fsp3) is 0.875. The maximum atomic E-state index is 11.7. The number of hydrogen-bond acceptors (Lipinski definition) is 5. The van der Waals surface area contributed by atoms with Crippen LogP contribution in [-0.4, -0.2) is 38.0 Å². The quantitative estimate of drug-likeness (QED) is 0.225. The largest absolute Gasteiger partial charge is 0.351 e. The minimum absolute atomic E-state index is 0.0309. The topological polar surface area (TPSA) is 94.0 Å². The molecule has 7 heteroatoms. The molecule has 0 saturated heterocycles. The summed E-state index contributed by atoms with van der Waals surface area (Å²) in [4.78, 5) is 34.8. The van der Waals surface area contributed by atoms with Crippen molar-refractivity contribution in [3.63, 3.8) is 0 Å². The average Bonchev–Trinajstić information content (AvgIpc) is 3.21. The van der Waals surface area contributed by atoms with E-state index in [9.17, 15) is 14.4 Å². The summed E-state index contributed by atoms with van der Waals surface area (Å²) in [6.07, 6.45) is 11.8. The van der Waals surface area contributed by atoms with E-state index in [4.69, 9.17) is 0 Å². The summed E-state index contributed by atoms with van der Waals surface area (Å²) in [5.41, 5.74) is 1.58. The number of nitrogens with zero attached hydrogens (tertiary/aromatic N) is 3. The van der Waals surface area contributed by atoms with E-state index in [0.29, 0.717) is 30.8 Å². The van der Waals surface area contributed by atoms with E-state index < -0.39 is 0 Å². The predicted molar refractivity (Wildman–Crippen MR) is 201 cm³/mol. The van der Waals surface area contributed by atoms with E-state index >= 15 is 0 Å². The van der Waals surface area contributed by atoms with Crippen molar-refractivity contribution in [3.05, 3.63) is 11.9 Å². The number of nitrogens with one attached hydrogen (secondary N) is 1. The van der Waals surface area contributed by atoms with Crippen molar-refractivity contribution in [2.24, 2.45) is 21.7 Å². The van der Waals surface area contributed by atoms with Gasteiger partial charge in [0.2, 0.25) is 5.91 Å². The molecule has 1 aromatic rings. The number of ketones is 2. The monoisotopic (exact) mass is 663 g/mol. The Morgan fingerprint density at radius 1 is 0.574 bits per heavy atom. The summed E-state index contributed by atoms with van der Waals surface area (Å²) in [6.45, 7) is 37.9. The summed E-state index contributed by atoms with van der Waals surface area (Å²) in [6, 6.07) is 0. The van der Waals surface area contributed by atoms with Crippen LogP contribution in [0.2, 0.25) is 0 Å². The number of hydrogen-bond donors (Lipinski definition) is 1. The lowest BCUT2D eigenvalue weighted by Gasteiger charge is -2.24. The maximum Gasteiger partial charge on any atom is 0.220 e. The standard InChI is InChI=1S/C19H36O2.C11H21N3.C10H21NO/c1-18(2,3)14-16(20)12-10-8-7-9-11-13-17(21)15-19(4,5)6;1-10(2,3)7-9-8-14(13-12-9)11(4,5)6;1-9(2,3)7-8(12)11-10(4,5)6/h7-15H2,1-6H3;8H,7H2,1-6H3;7H2,1-6H3,(H,11,12). The van der Waals surface area contributed by atoms with Crippen LogP contribution in [-0.2, 0) is 26.3 Å². The lowest BCUT2D eigenvalue weighted by molar-refractivity contribution is -0.124. The van der Waals surface area contributed by atoms with Gasteiger partial charge in [0.15, 0.2) is 0 Å². The normalized spacial score (nSPS) is 12.8. The van der Waals surface area contributed by atoms with Gasteiger partial charge >= 0.3 is 0 Å². The van der Waals surface area contributed by atoms with Crippen LogP contribution in [0.3, 0.4) is 0 Å². The highest BCUT2D eigenvalue weighted by Crippen LogP contribution is 2.23. The summed E-state index contributed by atoms with van der Waals surface area (Å²) < 4.78 is 1.92. The van der Waals surface area contributed by atoms with E-state index in [1.54, 1.807) is 0 Å². The van der Waals surface area contributed by atoms with Crippen molar-refractivity contribution < 1.29 is 14.4 Å². The Labute approximate surface area is 291 Å². The van der Waals surface area contributed by atoms with Gasteiger partial charge in [-0.15, -0.1) is 5.10 Å². The van der Waals surface area contributed by atoms with Crippen LogP contribution in [0.25, 0.3) is 0 Å². The molecule has 1 N–H and O–H groups in total. The minimum atomic E-state index is -0.109. The molecule has 0 radical (unpaired) electrons. The van der Waals surface area contributed by atoms with Crippen molar-refractivity contribution in [1.82, 2.24) is 20.3 Å². The van der Waals surface area contributed by atoms with Gasteiger partial charge in [-0.3, -0.25) is 14.4 Å². The van der Waals surface area contributed by atoms with Gasteiger partial charge in [-0.2, -0.15) is 0 Å². The van der Waals surface area contributed by atoms with Crippen molar-refractivity contribution in [3.8, 4) is 0 Å². The van der Waals surface area contributed by atoms with Crippen LogP contribution in [0, 0.1) is 21.7 Å². The molecular formula is C40H78N4O3. The zero-order valence-corrected chi connectivity index (χ0v) is 34.4. The average molecular weight is 663 g/mol. The molecule has 0 bridgehead atoms. The van der Waals surface area contributed by atoms with Crippen LogP contribution in [0.4, 0.5) is 0 Å². The summed E-state index contributed by atoms with van der Waals surface area (Å²) in [5.74, 6) is 0.917. The van der Waals surface area contributed by atoms with Gasteiger partial charge in [0.05, 0.1) is 11.2 Å². The van der Waals surface area contributed by atoms with Gasteiger partial charge in [0, 0.05) is 43.8 Å². The summed E-state index contributed by atoms with van der Waals surface area (Å²) >= 11 is 0. The summed E-state index contributed by atoms with van der Waals surface area (Å²) in [7, 11) is 0. The Bertz CT molecular complexity index is 994. The van der Waals surface area contributed by atoms with Crippen molar-refractivity contribution in [2.45, 2.75) is 206 Å². The molecule has 0 aliphatic rings. The first-order chi connectivity index (χ1) is 20.8. The van der Waals surface area contributed by atoms with E-state index in [0.717, 1.165) is 57.1 Å². The van der Waals surface area contributed by atoms with Gasteiger partial charge in [0.25, 0.3) is 0 Å². The number of amides is 1. The highest BCUT2D eigenvalue weighted by Gasteiger charge is 2.21. The molecule has 1 amide bonds. The molecule has 1 aromatic heterocycles. The van der Waals surface area contributed by atoms with Crippen LogP contribution in [0.5, 0.6) is 0 Å². The predicted octanol–water partition coefficient (Wildman–Crippen LogP) is 10.7. The molecule has 7 nitrogen and oxygen atoms in total. The number of carbonyl (C=O) groups is 3. The Morgan fingerprint density at radius 2 is 0.957 bits per heavy atom. The third-order valence-electron chi connectivity index (χ3n) is 6.51. The Morgan fingerprint density at radius 3 is 1.26 bits per heavy atom. The van der Waals surface area contributed by atoms with E-state index in [1.165, 1.54) is 0 Å². The molecule has 0 aliphatic carbocycles. The second kappa shape index (κ2) is 19.8. The van der Waals surface area contributed by atoms with Gasteiger partial charge in [0.1, 0.15) is 11.6 Å². The third kappa shape index (κ3) is 33.6. The van der Waals surface area contributed by atoms with Gasteiger partial charge in [-0.1, -0.05) is 108 Å². The molecular weight excluding hydrogens is 584 g/mol. The molecule has 0 unspecified atom stereocenters. The molecule has 0 aromatic carbocycles. The molecule has 0 aliphatic heterocycles. The number of unbranched alkanes of at least 4 members (excludes halogenated alkanes) is 4. The van der Waals surface area contributed by atoms with Crippen LogP contribution in [0.15, 0.2) is 6.20 Å². The molecule has 1 rings (SSSR count). The van der Waals surface area contributed by atoms with E-state index in [-0.39, 0.29) is 38.6 Å². The number of carbonyl (C=O) groups excluding carboxylic acids is 3. The lowest BCUT2D eigenvalue weighted by Crippen LogP contribution is -2.41. The van der Waals surface area contributed by atoms with Crippen LogP contribution < -0.4 is 5.32 Å². The second-order valence-corrected chi connectivity index (χ2v) is 20.4. The second-order valence-electron chi connectivity index (χ2n) is 20.4. The SMILES string of the molecule is CC(C)(C)CC(=O)CCCCCCCC(=O)CC(C)(C)C.CC(C)(C)CC(=O)NC(C)(C)C.CC(C)(C)Cc1cn(C(C)(C)C)nn1. The van der Waals surface area contributed by atoms with Gasteiger partial charge < -0.3 is 5.32 Å². The summed E-state index contributed by atoms with van der Waals surface area (Å²) in [5, 5.41) is 11.3. The maximum absolute atomic E-state index is 11.7. The van der Waals surface area contributed by atoms with E-state index in [1.807, 2.05) is 31.6 Å². The number of aromatic nitrogens is 3. The molecule has 276 valence electrons.